The molecule has 1 saturated heterocycles. The van der Waals surface area contributed by atoms with Gasteiger partial charge in [0.05, 0.1) is 18.0 Å². The molecule has 0 spiro atoms. The second-order valence-corrected chi connectivity index (χ2v) is 7.45. The van der Waals surface area contributed by atoms with Crippen molar-refractivity contribution in [1.29, 1.82) is 0 Å². The third kappa shape index (κ3) is 5.22. The Balaban J connectivity index is 2.38. The highest BCUT2D eigenvalue weighted by molar-refractivity contribution is 7.89. The van der Waals surface area contributed by atoms with Crippen molar-refractivity contribution in [3.05, 3.63) is 0 Å². The minimum absolute atomic E-state index is 0.222. The molecule has 1 fully saturated rings. The van der Waals surface area contributed by atoms with Crippen LogP contribution >= 0.6 is 0 Å². The summed E-state index contributed by atoms with van der Waals surface area (Å²) in [6.07, 6.45) is 1.74. The maximum atomic E-state index is 12.1. The van der Waals surface area contributed by atoms with Crippen LogP contribution in [0, 0.1) is 0 Å². The molecule has 0 aromatic carbocycles. The summed E-state index contributed by atoms with van der Waals surface area (Å²) in [7, 11) is -3.13. The lowest BCUT2D eigenvalue weighted by atomic mass is 10.1. The van der Waals surface area contributed by atoms with Gasteiger partial charge in [-0.1, -0.05) is 6.92 Å². The van der Waals surface area contributed by atoms with Gasteiger partial charge in [-0.05, 0) is 39.8 Å². The van der Waals surface area contributed by atoms with Crippen molar-refractivity contribution >= 4 is 10.0 Å². The van der Waals surface area contributed by atoms with Gasteiger partial charge in [0.2, 0.25) is 10.0 Å². The van der Waals surface area contributed by atoms with E-state index in [1.807, 2.05) is 13.8 Å². The molecule has 108 valence electrons. The van der Waals surface area contributed by atoms with E-state index in [0.717, 1.165) is 19.5 Å². The van der Waals surface area contributed by atoms with E-state index in [0.29, 0.717) is 26.1 Å². The van der Waals surface area contributed by atoms with E-state index in [4.69, 9.17) is 4.74 Å². The number of morpholine rings is 1. The number of nitrogens with one attached hydrogen (secondary N) is 1. The van der Waals surface area contributed by atoms with Crippen LogP contribution in [-0.2, 0) is 14.8 Å². The van der Waals surface area contributed by atoms with Crippen LogP contribution < -0.4 is 5.32 Å². The molecule has 1 aliphatic heterocycles. The van der Waals surface area contributed by atoms with Crippen LogP contribution in [0.4, 0.5) is 0 Å². The highest BCUT2D eigenvalue weighted by atomic mass is 32.2. The standard InChI is InChI=1S/C12H26N2O3S/c1-4-6-13-7-5-10-18(15,16)14-8-9-17-12(2,3)11-14/h13H,4-11H2,1-3H3. The number of ether oxygens (including phenoxy) is 1. The molecule has 0 saturated carbocycles. The fourth-order valence-corrected chi connectivity index (χ4v) is 3.65. The zero-order chi connectivity index (χ0) is 13.6. The fraction of sp³-hybridized carbons (Fsp3) is 1.00. The summed E-state index contributed by atoms with van der Waals surface area (Å²) in [5.41, 5.74) is -0.369. The first kappa shape index (κ1) is 15.9. The second-order valence-electron chi connectivity index (χ2n) is 5.36. The van der Waals surface area contributed by atoms with Crippen LogP contribution in [0.25, 0.3) is 0 Å². The molecule has 0 aliphatic carbocycles. The van der Waals surface area contributed by atoms with Gasteiger partial charge in [-0.2, -0.15) is 4.31 Å². The molecular weight excluding hydrogens is 252 g/mol. The molecule has 1 heterocycles. The highest BCUT2D eigenvalue weighted by Crippen LogP contribution is 2.19. The van der Waals surface area contributed by atoms with Gasteiger partial charge in [0.25, 0.3) is 0 Å². The maximum Gasteiger partial charge on any atom is 0.214 e. The molecule has 0 atom stereocenters. The molecule has 0 aromatic heterocycles. The minimum atomic E-state index is -3.13. The number of nitrogens with zero attached hydrogens (tertiary/aromatic N) is 1. The highest BCUT2D eigenvalue weighted by Gasteiger charge is 2.33. The Labute approximate surface area is 111 Å². The topological polar surface area (TPSA) is 58.6 Å². The Hall–Kier alpha value is -0.170. The van der Waals surface area contributed by atoms with E-state index in [1.54, 1.807) is 4.31 Å². The Morgan fingerprint density at radius 3 is 2.67 bits per heavy atom. The average molecular weight is 278 g/mol. The van der Waals surface area contributed by atoms with Crippen molar-refractivity contribution in [2.45, 2.75) is 39.2 Å². The fourth-order valence-electron chi connectivity index (χ4n) is 2.02. The summed E-state index contributed by atoms with van der Waals surface area (Å²) in [5.74, 6) is 0.222. The summed E-state index contributed by atoms with van der Waals surface area (Å²) in [4.78, 5) is 0. The van der Waals surface area contributed by atoms with Crippen LogP contribution in [0.15, 0.2) is 0 Å². The van der Waals surface area contributed by atoms with Crippen molar-refractivity contribution in [2.24, 2.45) is 0 Å². The monoisotopic (exact) mass is 278 g/mol. The third-order valence-corrected chi connectivity index (χ3v) is 4.87. The molecule has 6 heteroatoms. The number of hydrogen-bond acceptors (Lipinski definition) is 4. The molecule has 1 rings (SSSR count). The van der Waals surface area contributed by atoms with Crippen LogP contribution in [0.5, 0.6) is 0 Å². The van der Waals surface area contributed by atoms with Crippen molar-refractivity contribution in [2.75, 3.05) is 38.5 Å². The smallest absolute Gasteiger partial charge is 0.214 e. The quantitative estimate of drug-likeness (QED) is 0.700. The molecule has 18 heavy (non-hydrogen) atoms. The SMILES string of the molecule is CCCNCCCS(=O)(=O)N1CCOC(C)(C)C1. The van der Waals surface area contributed by atoms with Crippen molar-refractivity contribution in [3.63, 3.8) is 0 Å². The number of sulfonamides is 1. The van der Waals surface area contributed by atoms with Gasteiger partial charge in [-0.25, -0.2) is 8.42 Å². The van der Waals surface area contributed by atoms with Crippen molar-refractivity contribution in [1.82, 2.24) is 9.62 Å². The van der Waals surface area contributed by atoms with Crippen molar-refractivity contribution in [3.8, 4) is 0 Å². The average Bonchev–Trinajstić information content (AvgIpc) is 2.27. The summed E-state index contributed by atoms with van der Waals surface area (Å²) in [6.45, 7) is 9.09. The van der Waals surface area contributed by atoms with Crippen LogP contribution in [0.1, 0.15) is 33.6 Å². The predicted molar refractivity (Wildman–Crippen MR) is 73.2 cm³/mol. The van der Waals surface area contributed by atoms with Crippen LogP contribution in [-0.4, -0.2) is 56.9 Å². The summed E-state index contributed by atoms with van der Waals surface area (Å²) >= 11 is 0. The lowest BCUT2D eigenvalue weighted by molar-refractivity contribution is -0.0640. The Morgan fingerprint density at radius 2 is 2.06 bits per heavy atom. The molecule has 0 radical (unpaired) electrons. The van der Waals surface area contributed by atoms with Gasteiger partial charge in [0.1, 0.15) is 0 Å². The Morgan fingerprint density at radius 1 is 1.33 bits per heavy atom. The van der Waals surface area contributed by atoms with Gasteiger partial charge < -0.3 is 10.1 Å². The summed E-state index contributed by atoms with van der Waals surface area (Å²) in [5, 5.41) is 3.22. The van der Waals surface area contributed by atoms with Crippen LogP contribution in [0.3, 0.4) is 0 Å². The molecule has 0 unspecified atom stereocenters. The molecular formula is C12H26N2O3S. The molecule has 0 bridgehead atoms. The van der Waals surface area contributed by atoms with Crippen LogP contribution in [0.2, 0.25) is 0 Å². The Bertz CT molecular complexity index is 341. The maximum absolute atomic E-state index is 12.1. The summed E-state index contributed by atoms with van der Waals surface area (Å²) < 4.78 is 31.4. The second kappa shape index (κ2) is 6.84. The number of hydrogen-bond donors (Lipinski definition) is 1. The third-order valence-electron chi connectivity index (χ3n) is 2.97. The predicted octanol–water partition coefficient (Wildman–Crippen LogP) is 0.817. The minimum Gasteiger partial charge on any atom is -0.373 e. The molecule has 0 amide bonds. The van der Waals surface area contributed by atoms with Gasteiger partial charge in [0.15, 0.2) is 0 Å². The van der Waals surface area contributed by atoms with E-state index in [1.165, 1.54) is 0 Å². The zero-order valence-electron chi connectivity index (χ0n) is 11.7. The molecule has 5 nitrogen and oxygen atoms in total. The van der Waals surface area contributed by atoms with Crippen molar-refractivity contribution < 1.29 is 13.2 Å². The van der Waals surface area contributed by atoms with E-state index in [2.05, 4.69) is 12.2 Å². The first-order valence-corrected chi connectivity index (χ1v) is 8.31. The largest absolute Gasteiger partial charge is 0.373 e. The van der Waals surface area contributed by atoms with Gasteiger partial charge >= 0.3 is 0 Å². The lowest BCUT2D eigenvalue weighted by Gasteiger charge is -2.37. The normalized spacial score (nSPS) is 21.1. The van der Waals surface area contributed by atoms with E-state index >= 15 is 0 Å². The van der Waals surface area contributed by atoms with E-state index in [9.17, 15) is 8.42 Å². The van der Waals surface area contributed by atoms with E-state index in [-0.39, 0.29) is 11.4 Å². The first-order valence-electron chi connectivity index (χ1n) is 6.70. The van der Waals surface area contributed by atoms with Gasteiger partial charge in [-0.15, -0.1) is 0 Å². The van der Waals surface area contributed by atoms with Gasteiger partial charge in [-0.3, -0.25) is 0 Å². The molecule has 0 aromatic rings. The Kier molecular flexibility index (Phi) is 6.04. The molecule has 1 aliphatic rings. The van der Waals surface area contributed by atoms with E-state index < -0.39 is 10.0 Å². The summed E-state index contributed by atoms with van der Waals surface area (Å²) in [6, 6.07) is 0. The first-order chi connectivity index (χ1) is 8.37. The molecule has 1 N–H and O–H groups in total. The number of rotatable bonds is 7. The van der Waals surface area contributed by atoms with Gasteiger partial charge in [0, 0.05) is 13.1 Å². The zero-order valence-corrected chi connectivity index (χ0v) is 12.6. The lowest BCUT2D eigenvalue weighted by Crippen LogP contribution is -2.51.